The van der Waals surface area contributed by atoms with Gasteiger partial charge in [-0.25, -0.2) is 8.78 Å². The van der Waals surface area contributed by atoms with Gasteiger partial charge in [-0.2, -0.15) is 0 Å². The Morgan fingerprint density at radius 2 is 2.25 bits per heavy atom. The lowest BCUT2D eigenvalue weighted by Gasteiger charge is -2.19. The SMILES string of the molecule is NC1CCC(F)(Cc2ccc(Cl)c(F)c2)C1. The van der Waals surface area contributed by atoms with Crippen LogP contribution in [0.4, 0.5) is 8.78 Å². The molecule has 0 bridgehead atoms. The van der Waals surface area contributed by atoms with E-state index in [1.165, 1.54) is 12.1 Å². The molecule has 1 aliphatic carbocycles. The average molecular weight is 246 g/mol. The van der Waals surface area contributed by atoms with Gasteiger partial charge in [0.05, 0.1) is 5.02 Å². The third-order valence-corrected chi connectivity index (χ3v) is 3.40. The smallest absolute Gasteiger partial charge is 0.142 e. The molecule has 1 aromatic carbocycles. The standard InChI is InChI=1S/C12H14ClF2N/c13-10-2-1-8(5-11(10)14)6-12(15)4-3-9(16)7-12/h1-2,5,9H,3-4,6-7,16H2. The molecule has 1 aliphatic rings. The Hall–Kier alpha value is -0.670. The summed E-state index contributed by atoms with van der Waals surface area (Å²) in [7, 11) is 0. The molecule has 0 amide bonds. The van der Waals surface area contributed by atoms with Crippen molar-refractivity contribution < 1.29 is 8.78 Å². The van der Waals surface area contributed by atoms with Gasteiger partial charge >= 0.3 is 0 Å². The van der Waals surface area contributed by atoms with Crippen molar-refractivity contribution in [2.45, 2.75) is 37.4 Å². The van der Waals surface area contributed by atoms with E-state index in [1.54, 1.807) is 6.07 Å². The number of hydrogen-bond donors (Lipinski definition) is 1. The van der Waals surface area contributed by atoms with E-state index in [0.717, 1.165) is 0 Å². The van der Waals surface area contributed by atoms with Crippen LogP contribution in [0, 0.1) is 5.82 Å². The van der Waals surface area contributed by atoms with E-state index in [1.807, 2.05) is 0 Å². The van der Waals surface area contributed by atoms with E-state index in [0.29, 0.717) is 24.8 Å². The molecule has 4 heteroatoms. The first kappa shape index (κ1) is 11.8. The molecule has 1 nitrogen and oxygen atoms in total. The monoisotopic (exact) mass is 245 g/mol. The first-order chi connectivity index (χ1) is 7.48. The fourth-order valence-corrected chi connectivity index (χ4v) is 2.41. The largest absolute Gasteiger partial charge is 0.328 e. The highest BCUT2D eigenvalue weighted by molar-refractivity contribution is 6.30. The van der Waals surface area contributed by atoms with E-state index in [-0.39, 0.29) is 17.5 Å². The number of benzene rings is 1. The molecular weight excluding hydrogens is 232 g/mol. The topological polar surface area (TPSA) is 26.0 Å². The van der Waals surface area contributed by atoms with E-state index in [9.17, 15) is 8.78 Å². The van der Waals surface area contributed by atoms with Gasteiger partial charge in [-0.1, -0.05) is 17.7 Å². The summed E-state index contributed by atoms with van der Waals surface area (Å²) >= 11 is 5.57. The highest BCUT2D eigenvalue weighted by Crippen LogP contribution is 2.36. The molecule has 2 unspecified atom stereocenters. The second-order valence-corrected chi connectivity index (χ2v) is 4.99. The number of alkyl halides is 1. The van der Waals surface area contributed by atoms with Crippen molar-refractivity contribution in [3.05, 3.63) is 34.6 Å². The molecule has 1 aromatic rings. The summed E-state index contributed by atoms with van der Waals surface area (Å²) in [6, 6.07) is 4.36. The summed E-state index contributed by atoms with van der Waals surface area (Å²) < 4.78 is 27.4. The summed E-state index contributed by atoms with van der Waals surface area (Å²) in [5, 5.41) is 0.0692. The fraction of sp³-hybridized carbons (Fsp3) is 0.500. The maximum Gasteiger partial charge on any atom is 0.142 e. The zero-order valence-electron chi connectivity index (χ0n) is 8.85. The van der Waals surface area contributed by atoms with Gasteiger partial charge in [0.25, 0.3) is 0 Å². The molecule has 2 N–H and O–H groups in total. The van der Waals surface area contributed by atoms with Crippen LogP contribution in [0.15, 0.2) is 18.2 Å². The summed E-state index contributed by atoms with van der Waals surface area (Å²) in [6.45, 7) is 0. The highest BCUT2D eigenvalue weighted by Gasteiger charge is 2.37. The van der Waals surface area contributed by atoms with Crippen LogP contribution in [0.5, 0.6) is 0 Å². The number of hydrogen-bond acceptors (Lipinski definition) is 1. The van der Waals surface area contributed by atoms with Crippen LogP contribution >= 0.6 is 11.6 Å². The number of halogens is 3. The third kappa shape index (κ3) is 2.53. The zero-order valence-corrected chi connectivity index (χ0v) is 9.61. The molecule has 0 aromatic heterocycles. The van der Waals surface area contributed by atoms with Gasteiger partial charge in [-0.15, -0.1) is 0 Å². The average Bonchev–Trinajstić information content (AvgIpc) is 2.52. The molecular formula is C12H14ClF2N. The zero-order chi connectivity index (χ0) is 11.8. The molecule has 2 atom stereocenters. The Labute approximate surface area is 98.6 Å². The molecule has 88 valence electrons. The minimum Gasteiger partial charge on any atom is -0.328 e. The second kappa shape index (κ2) is 4.30. The van der Waals surface area contributed by atoms with Crippen LogP contribution in [0.1, 0.15) is 24.8 Å². The molecule has 0 saturated heterocycles. The lowest BCUT2D eigenvalue weighted by Crippen LogP contribution is -2.25. The van der Waals surface area contributed by atoms with E-state index < -0.39 is 11.5 Å². The maximum absolute atomic E-state index is 14.2. The van der Waals surface area contributed by atoms with Gasteiger partial charge in [0.2, 0.25) is 0 Å². The predicted octanol–water partition coefficient (Wildman–Crippen LogP) is 3.24. The Bertz CT molecular complexity index is 397. The van der Waals surface area contributed by atoms with Crippen LogP contribution < -0.4 is 5.73 Å². The molecule has 0 radical (unpaired) electrons. The van der Waals surface area contributed by atoms with Gasteiger partial charge in [0.1, 0.15) is 11.5 Å². The van der Waals surface area contributed by atoms with Crippen molar-refractivity contribution in [3.8, 4) is 0 Å². The Balaban J connectivity index is 2.12. The minimum absolute atomic E-state index is 0.0675. The van der Waals surface area contributed by atoms with Crippen LogP contribution in [0.25, 0.3) is 0 Å². The van der Waals surface area contributed by atoms with Gasteiger partial charge in [0, 0.05) is 12.5 Å². The minimum atomic E-state index is -1.28. The molecule has 1 saturated carbocycles. The van der Waals surface area contributed by atoms with E-state index in [4.69, 9.17) is 17.3 Å². The Morgan fingerprint density at radius 1 is 1.50 bits per heavy atom. The van der Waals surface area contributed by atoms with Gasteiger partial charge in [-0.3, -0.25) is 0 Å². The molecule has 2 rings (SSSR count). The molecule has 16 heavy (non-hydrogen) atoms. The van der Waals surface area contributed by atoms with Crippen molar-refractivity contribution in [2.24, 2.45) is 5.73 Å². The summed E-state index contributed by atoms with van der Waals surface area (Å²) in [5.74, 6) is -0.495. The third-order valence-electron chi connectivity index (χ3n) is 3.10. The van der Waals surface area contributed by atoms with Crippen molar-refractivity contribution in [1.82, 2.24) is 0 Å². The Kier molecular flexibility index (Phi) is 3.17. The first-order valence-corrected chi connectivity index (χ1v) is 5.75. The normalized spacial score (nSPS) is 29.6. The van der Waals surface area contributed by atoms with Crippen molar-refractivity contribution >= 4 is 11.6 Å². The van der Waals surface area contributed by atoms with Gasteiger partial charge in [-0.05, 0) is 37.0 Å². The summed E-state index contributed by atoms with van der Waals surface area (Å²) in [4.78, 5) is 0. The Morgan fingerprint density at radius 3 is 2.81 bits per heavy atom. The molecule has 1 fully saturated rings. The van der Waals surface area contributed by atoms with Gasteiger partial charge < -0.3 is 5.73 Å². The summed E-state index contributed by atoms with van der Waals surface area (Å²) in [5.41, 5.74) is 5.04. The first-order valence-electron chi connectivity index (χ1n) is 5.37. The fourth-order valence-electron chi connectivity index (χ4n) is 2.29. The number of nitrogens with two attached hydrogens (primary N) is 1. The van der Waals surface area contributed by atoms with Crippen molar-refractivity contribution in [3.63, 3.8) is 0 Å². The maximum atomic E-state index is 14.2. The van der Waals surface area contributed by atoms with Gasteiger partial charge in [0.15, 0.2) is 0 Å². The summed E-state index contributed by atoms with van der Waals surface area (Å²) in [6.07, 6.45) is 1.73. The van der Waals surface area contributed by atoms with Crippen LogP contribution in [-0.4, -0.2) is 11.7 Å². The number of rotatable bonds is 2. The highest BCUT2D eigenvalue weighted by atomic mass is 35.5. The van der Waals surface area contributed by atoms with Crippen LogP contribution in [-0.2, 0) is 6.42 Å². The molecule has 0 spiro atoms. The van der Waals surface area contributed by atoms with Crippen molar-refractivity contribution in [2.75, 3.05) is 0 Å². The van der Waals surface area contributed by atoms with Crippen molar-refractivity contribution in [1.29, 1.82) is 0 Å². The predicted molar refractivity (Wildman–Crippen MR) is 60.8 cm³/mol. The second-order valence-electron chi connectivity index (χ2n) is 4.58. The van der Waals surface area contributed by atoms with E-state index >= 15 is 0 Å². The lowest BCUT2D eigenvalue weighted by atomic mass is 9.94. The molecule has 0 heterocycles. The van der Waals surface area contributed by atoms with E-state index in [2.05, 4.69) is 0 Å². The lowest BCUT2D eigenvalue weighted by molar-refractivity contribution is 0.170. The van der Waals surface area contributed by atoms with Crippen LogP contribution in [0.3, 0.4) is 0 Å². The van der Waals surface area contributed by atoms with Crippen LogP contribution in [0.2, 0.25) is 5.02 Å². The molecule has 0 aliphatic heterocycles. The quantitative estimate of drug-likeness (QED) is 0.851.